The summed E-state index contributed by atoms with van der Waals surface area (Å²) in [6, 6.07) is 5.52. The highest BCUT2D eigenvalue weighted by molar-refractivity contribution is 7.71. The van der Waals surface area contributed by atoms with Crippen LogP contribution >= 0.6 is 12.2 Å². The third-order valence-electron chi connectivity index (χ3n) is 1.95. The van der Waals surface area contributed by atoms with Crippen LogP contribution in [0.5, 0.6) is 0 Å². The van der Waals surface area contributed by atoms with Crippen LogP contribution < -0.4 is 4.84 Å². The van der Waals surface area contributed by atoms with E-state index in [-0.39, 0.29) is 0 Å². The van der Waals surface area contributed by atoms with Crippen LogP contribution in [0, 0.1) is 4.64 Å². The molecule has 0 radical (unpaired) electrons. The van der Waals surface area contributed by atoms with Gasteiger partial charge in [-0.2, -0.15) is 4.73 Å². The van der Waals surface area contributed by atoms with E-state index < -0.39 is 0 Å². The number of aliphatic imine (C=N–C) groups is 1. The summed E-state index contributed by atoms with van der Waals surface area (Å²) in [5.74, 6) is 0.632. The molecule has 0 aliphatic carbocycles. The number of nitrogens with zero attached hydrogens (tertiary/aromatic N) is 2. The number of aromatic nitrogens is 1. The van der Waals surface area contributed by atoms with E-state index in [0.29, 0.717) is 23.5 Å². The molecule has 0 unspecified atom stereocenters. The molecule has 0 atom stereocenters. The maximum Gasteiger partial charge on any atom is 0.218 e. The predicted molar refractivity (Wildman–Crippen MR) is 73.8 cm³/mol. The maximum atomic E-state index is 5.62. The van der Waals surface area contributed by atoms with Crippen LogP contribution in [0.15, 0.2) is 54.7 Å². The quantitative estimate of drug-likeness (QED) is 0.334. The van der Waals surface area contributed by atoms with E-state index >= 15 is 0 Å². The molecule has 1 aromatic heterocycles. The van der Waals surface area contributed by atoms with Crippen molar-refractivity contribution in [2.75, 3.05) is 6.54 Å². The second-order valence-corrected chi connectivity index (χ2v) is 3.72. The molecule has 1 aromatic rings. The van der Waals surface area contributed by atoms with Gasteiger partial charge >= 0.3 is 0 Å². The highest BCUT2D eigenvalue weighted by atomic mass is 32.1. The van der Waals surface area contributed by atoms with Gasteiger partial charge in [-0.15, -0.1) is 13.2 Å². The highest BCUT2D eigenvalue weighted by Gasteiger charge is 2.01. The lowest BCUT2D eigenvalue weighted by Gasteiger charge is -2.10. The third kappa shape index (κ3) is 4.78. The van der Waals surface area contributed by atoms with Gasteiger partial charge in [0.15, 0.2) is 0 Å². The van der Waals surface area contributed by atoms with Crippen LogP contribution in [0.3, 0.4) is 0 Å². The van der Waals surface area contributed by atoms with Gasteiger partial charge in [0.25, 0.3) is 0 Å². The van der Waals surface area contributed by atoms with Crippen molar-refractivity contribution in [2.45, 2.75) is 12.8 Å². The van der Waals surface area contributed by atoms with Gasteiger partial charge in [0.05, 0.1) is 6.54 Å². The van der Waals surface area contributed by atoms with E-state index in [1.54, 1.807) is 18.3 Å². The van der Waals surface area contributed by atoms with Gasteiger partial charge < -0.3 is 4.84 Å². The molecule has 1 rings (SSSR count). The molecule has 0 saturated heterocycles. The fraction of sp³-hybridized carbons (Fsp3) is 0.231. The van der Waals surface area contributed by atoms with E-state index in [2.05, 4.69) is 18.2 Å². The molecular formula is C13H16N2OS. The molecule has 0 N–H and O–H groups in total. The Bertz CT molecular complexity index is 462. The first-order chi connectivity index (χ1) is 8.27. The van der Waals surface area contributed by atoms with Crippen molar-refractivity contribution in [1.82, 2.24) is 4.73 Å². The largest absolute Gasteiger partial charge is 0.359 e. The first-order valence-electron chi connectivity index (χ1n) is 5.39. The van der Waals surface area contributed by atoms with Gasteiger partial charge in [0.1, 0.15) is 4.64 Å². The minimum atomic E-state index is 0.534. The molecule has 0 bridgehead atoms. The second-order valence-electron chi connectivity index (χ2n) is 3.31. The van der Waals surface area contributed by atoms with Crippen molar-refractivity contribution in [3.8, 4) is 0 Å². The van der Waals surface area contributed by atoms with E-state index in [0.717, 1.165) is 6.42 Å². The third-order valence-corrected chi connectivity index (χ3v) is 2.27. The molecule has 4 heteroatoms. The molecule has 0 aromatic carbocycles. The Balaban J connectivity index is 2.78. The van der Waals surface area contributed by atoms with Crippen molar-refractivity contribution in [3.05, 3.63) is 54.3 Å². The van der Waals surface area contributed by atoms with Crippen molar-refractivity contribution in [1.29, 1.82) is 0 Å². The lowest BCUT2D eigenvalue weighted by Crippen LogP contribution is -2.20. The van der Waals surface area contributed by atoms with Crippen LogP contribution in [-0.2, 0) is 0 Å². The van der Waals surface area contributed by atoms with Crippen LogP contribution in [0.4, 0.5) is 0 Å². The zero-order valence-electron chi connectivity index (χ0n) is 9.71. The number of pyridine rings is 1. The van der Waals surface area contributed by atoms with Gasteiger partial charge in [-0.25, -0.2) is 4.99 Å². The SMILES string of the molecule is C=CCCC(=NCC=C)On1ccccc1=S. The standard InChI is InChI=1S/C13H16N2OS/c1-3-5-8-12(14-10-4-2)16-15-11-7-6-9-13(15)17/h3-4,6-7,9,11H,1-2,5,8,10H2. The van der Waals surface area contributed by atoms with Crippen LogP contribution in [0.25, 0.3) is 0 Å². The van der Waals surface area contributed by atoms with E-state index in [1.165, 1.54) is 4.73 Å². The first kappa shape index (κ1) is 13.4. The molecule has 0 saturated carbocycles. The summed E-state index contributed by atoms with van der Waals surface area (Å²) < 4.78 is 2.14. The molecular weight excluding hydrogens is 232 g/mol. The van der Waals surface area contributed by atoms with Crippen LogP contribution in [0.2, 0.25) is 0 Å². The van der Waals surface area contributed by atoms with Crippen molar-refractivity contribution < 1.29 is 4.84 Å². The van der Waals surface area contributed by atoms with Gasteiger partial charge in [-0.05, 0) is 18.6 Å². The summed E-state index contributed by atoms with van der Waals surface area (Å²) in [7, 11) is 0. The Hall–Kier alpha value is -1.68. The summed E-state index contributed by atoms with van der Waals surface area (Å²) in [4.78, 5) is 9.89. The van der Waals surface area contributed by atoms with Gasteiger partial charge in [-0.1, -0.05) is 30.4 Å². The molecule has 0 aliphatic rings. The topological polar surface area (TPSA) is 26.5 Å². The van der Waals surface area contributed by atoms with E-state index in [1.807, 2.05) is 18.2 Å². The lowest BCUT2D eigenvalue weighted by atomic mass is 10.3. The summed E-state index contributed by atoms with van der Waals surface area (Å²) in [6.07, 6.45) is 6.84. The Kier molecular flexibility index (Phi) is 5.96. The number of allylic oxidation sites excluding steroid dienone is 1. The molecule has 17 heavy (non-hydrogen) atoms. The summed E-state index contributed by atoms with van der Waals surface area (Å²) in [6.45, 7) is 7.84. The Morgan fingerprint density at radius 2 is 2.24 bits per heavy atom. The highest BCUT2D eigenvalue weighted by Crippen LogP contribution is 1.97. The minimum absolute atomic E-state index is 0.534. The molecule has 0 amide bonds. The summed E-state index contributed by atoms with van der Waals surface area (Å²) in [5, 5.41) is 0. The second kappa shape index (κ2) is 7.57. The van der Waals surface area contributed by atoms with Crippen LogP contribution in [0.1, 0.15) is 12.8 Å². The fourth-order valence-corrected chi connectivity index (χ4v) is 1.32. The Labute approximate surface area is 107 Å². The smallest absolute Gasteiger partial charge is 0.218 e. The fourth-order valence-electron chi connectivity index (χ4n) is 1.15. The molecule has 0 spiro atoms. The molecule has 3 nitrogen and oxygen atoms in total. The lowest BCUT2D eigenvalue weighted by molar-refractivity contribution is 0.247. The van der Waals surface area contributed by atoms with E-state index in [4.69, 9.17) is 17.1 Å². The van der Waals surface area contributed by atoms with E-state index in [9.17, 15) is 0 Å². The number of rotatable bonds is 6. The maximum absolute atomic E-state index is 5.62. The minimum Gasteiger partial charge on any atom is -0.359 e. The first-order valence-corrected chi connectivity index (χ1v) is 5.80. The van der Waals surface area contributed by atoms with Crippen molar-refractivity contribution in [2.24, 2.45) is 4.99 Å². The Morgan fingerprint density at radius 3 is 2.88 bits per heavy atom. The average molecular weight is 248 g/mol. The normalized spacial score (nSPS) is 10.9. The van der Waals surface area contributed by atoms with Crippen LogP contribution in [-0.4, -0.2) is 17.2 Å². The zero-order valence-corrected chi connectivity index (χ0v) is 10.5. The predicted octanol–water partition coefficient (Wildman–Crippen LogP) is 3.20. The zero-order chi connectivity index (χ0) is 12.5. The summed E-state index contributed by atoms with van der Waals surface area (Å²) >= 11 is 5.14. The van der Waals surface area contributed by atoms with Gasteiger partial charge in [-0.3, -0.25) is 0 Å². The number of hydrogen-bond donors (Lipinski definition) is 0. The molecule has 0 aliphatic heterocycles. The molecule has 90 valence electrons. The Morgan fingerprint density at radius 1 is 1.41 bits per heavy atom. The van der Waals surface area contributed by atoms with Gasteiger partial charge in [0.2, 0.25) is 5.90 Å². The monoisotopic (exact) mass is 248 g/mol. The van der Waals surface area contributed by atoms with Gasteiger partial charge in [0, 0.05) is 12.6 Å². The average Bonchev–Trinajstić information content (AvgIpc) is 2.35. The molecule has 0 fully saturated rings. The molecule has 1 heterocycles. The summed E-state index contributed by atoms with van der Waals surface area (Å²) in [5.41, 5.74) is 0. The van der Waals surface area contributed by atoms with Crippen molar-refractivity contribution >= 4 is 18.1 Å². The van der Waals surface area contributed by atoms with Crippen molar-refractivity contribution in [3.63, 3.8) is 0 Å². The number of hydrogen-bond acceptors (Lipinski definition) is 3.